The van der Waals surface area contributed by atoms with Gasteiger partial charge in [0.25, 0.3) is 0 Å². The predicted molar refractivity (Wildman–Crippen MR) is 73.9 cm³/mol. The molecule has 0 bridgehead atoms. The molecular formula is C14H32N2. The Balaban J connectivity index is 4.14. The van der Waals surface area contributed by atoms with Gasteiger partial charge in [0.1, 0.15) is 0 Å². The molecule has 0 aliphatic carbocycles. The van der Waals surface area contributed by atoms with Crippen molar-refractivity contribution < 1.29 is 0 Å². The van der Waals surface area contributed by atoms with Crippen molar-refractivity contribution in [2.45, 2.75) is 53.9 Å². The fraction of sp³-hybridized carbons (Fsp3) is 1.00. The molecule has 16 heavy (non-hydrogen) atoms. The zero-order valence-electron chi connectivity index (χ0n) is 12.0. The van der Waals surface area contributed by atoms with Crippen LogP contribution >= 0.6 is 0 Å². The molecule has 0 radical (unpaired) electrons. The highest BCUT2D eigenvalue weighted by atomic mass is 14.9. The van der Waals surface area contributed by atoms with Crippen molar-refractivity contribution in [3.05, 3.63) is 0 Å². The normalized spacial score (nSPS) is 17.1. The van der Waals surface area contributed by atoms with Crippen LogP contribution < -0.4 is 10.6 Å². The summed E-state index contributed by atoms with van der Waals surface area (Å²) in [6.07, 6.45) is 3.90. The third-order valence-electron chi connectivity index (χ3n) is 3.79. The molecule has 0 saturated heterocycles. The van der Waals surface area contributed by atoms with E-state index in [0.29, 0.717) is 5.41 Å². The molecule has 2 atom stereocenters. The maximum absolute atomic E-state index is 3.52. The Morgan fingerprint density at radius 2 is 1.69 bits per heavy atom. The summed E-state index contributed by atoms with van der Waals surface area (Å²) in [4.78, 5) is 0. The third kappa shape index (κ3) is 5.86. The van der Waals surface area contributed by atoms with E-state index in [2.05, 4.69) is 45.3 Å². The first-order valence-corrected chi connectivity index (χ1v) is 7.02. The summed E-state index contributed by atoms with van der Waals surface area (Å²) in [7, 11) is 0. The third-order valence-corrected chi connectivity index (χ3v) is 3.79. The van der Waals surface area contributed by atoms with Gasteiger partial charge in [0.2, 0.25) is 0 Å². The summed E-state index contributed by atoms with van der Waals surface area (Å²) >= 11 is 0. The SMILES string of the molecule is CCC[C@](C)(CNCC)[C@H](C)CCNCC. The molecule has 0 spiro atoms. The molecule has 0 aliphatic rings. The van der Waals surface area contributed by atoms with E-state index in [-0.39, 0.29) is 0 Å². The van der Waals surface area contributed by atoms with Gasteiger partial charge in [-0.1, -0.05) is 41.0 Å². The van der Waals surface area contributed by atoms with Gasteiger partial charge in [-0.05, 0) is 43.8 Å². The minimum atomic E-state index is 0.459. The average Bonchev–Trinajstić information content (AvgIpc) is 2.27. The van der Waals surface area contributed by atoms with Crippen molar-refractivity contribution in [3.8, 4) is 0 Å². The monoisotopic (exact) mass is 228 g/mol. The van der Waals surface area contributed by atoms with E-state index in [0.717, 1.165) is 32.1 Å². The lowest BCUT2D eigenvalue weighted by Gasteiger charge is -2.36. The summed E-state index contributed by atoms with van der Waals surface area (Å²) in [6.45, 7) is 16.0. The van der Waals surface area contributed by atoms with Gasteiger partial charge in [0.15, 0.2) is 0 Å². The smallest absolute Gasteiger partial charge is 0.000760 e. The standard InChI is InChI=1S/C14H32N2/c1-6-10-14(5,12-16-8-3)13(4)9-11-15-7-2/h13,15-16H,6-12H2,1-5H3/t13-,14-/m1/s1. The van der Waals surface area contributed by atoms with Crippen molar-refractivity contribution in [1.29, 1.82) is 0 Å². The molecule has 98 valence electrons. The van der Waals surface area contributed by atoms with Crippen molar-refractivity contribution in [2.75, 3.05) is 26.2 Å². The van der Waals surface area contributed by atoms with Crippen LogP contribution in [0.25, 0.3) is 0 Å². The first kappa shape index (κ1) is 15.9. The van der Waals surface area contributed by atoms with E-state index in [4.69, 9.17) is 0 Å². The summed E-state index contributed by atoms with van der Waals surface area (Å²) in [5.74, 6) is 0.783. The molecule has 0 fully saturated rings. The van der Waals surface area contributed by atoms with Crippen LogP contribution in [0.3, 0.4) is 0 Å². The minimum Gasteiger partial charge on any atom is -0.317 e. The second-order valence-electron chi connectivity index (χ2n) is 5.23. The minimum absolute atomic E-state index is 0.459. The molecule has 2 nitrogen and oxygen atoms in total. The quantitative estimate of drug-likeness (QED) is 0.562. The Hall–Kier alpha value is -0.0800. The Bertz CT molecular complexity index is 159. The van der Waals surface area contributed by atoms with Gasteiger partial charge >= 0.3 is 0 Å². The predicted octanol–water partition coefficient (Wildman–Crippen LogP) is 3.04. The van der Waals surface area contributed by atoms with Crippen LogP contribution in [0.15, 0.2) is 0 Å². The number of hydrogen-bond acceptors (Lipinski definition) is 2. The number of rotatable bonds is 10. The van der Waals surface area contributed by atoms with Gasteiger partial charge in [0, 0.05) is 6.54 Å². The maximum Gasteiger partial charge on any atom is 0.000760 e. The maximum atomic E-state index is 3.52. The molecule has 0 aromatic heterocycles. The van der Waals surface area contributed by atoms with Crippen molar-refractivity contribution in [2.24, 2.45) is 11.3 Å². The first-order chi connectivity index (χ1) is 7.60. The average molecular weight is 228 g/mol. The fourth-order valence-corrected chi connectivity index (χ4v) is 2.33. The van der Waals surface area contributed by atoms with Crippen LogP contribution in [0.4, 0.5) is 0 Å². The van der Waals surface area contributed by atoms with Gasteiger partial charge in [-0.3, -0.25) is 0 Å². The second kappa shape index (κ2) is 9.00. The van der Waals surface area contributed by atoms with Crippen molar-refractivity contribution in [3.63, 3.8) is 0 Å². The van der Waals surface area contributed by atoms with Crippen LogP contribution in [-0.2, 0) is 0 Å². The first-order valence-electron chi connectivity index (χ1n) is 7.02. The van der Waals surface area contributed by atoms with Crippen LogP contribution in [0.2, 0.25) is 0 Å². The largest absolute Gasteiger partial charge is 0.317 e. The van der Waals surface area contributed by atoms with Crippen LogP contribution in [-0.4, -0.2) is 26.2 Å². The Morgan fingerprint density at radius 1 is 1.06 bits per heavy atom. The van der Waals surface area contributed by atoms with Crippen LogP contribution in [0.5, 0.6) is 0 Å². The van der Waals surface area contributed by atoms with Gasteiger partial charge in [-0.15, -0.1) is 0 Å². The molecular weight excluding hydrogens is 196 g/mol. The highest BCUT2D eigenvalue weighted by Gasteiger charge is 2.29. The summed E-state index contributed by atoms with van der Waals surface area (Å²) in [5, 5.41) is 6.95. The molecule has 0 unspecified atom stereocenters. The summed E-state index contributed by atoms with van der Waals surface area (Å²) in [5.41, 5.74) is 0.459. The summed E-state index contributed by atoms with van der Waals surface area (Å²) in [6, 6.07) is 0. The van der Waals surface area contributed by atoms with Gasteiger partial charge < -0.3 is 10.6 Å². The van der Waals surface area contributed by atoms with E-state index in [1.165, 1.54) is 19.3 Å². The number of hydrogen-bond donors (Lipinski definition) is 2. The molecule has 0 heterocycles. The molecule has 0 rings (SSSR count). The van der Waals surface area contributed by atoms with Crippen LogP contribution in [0, 0.1) is 11.3 Å². The van der Waals surface area contributed by atoms with Gasteiger partial charge in [-0.25, -0.2) is 0 Å². The molecule has 0 saturated carbocycles. The Labute approximate surface area is 103 Å². The lowest BCUT2D eigenvalue weighted by molar-refractivity contribution is 0.166. The van der Waals surface area contributed by atoms with E-state index < -0.39 is 0 Å². The summed E-state index contributed by atoms with van der Waals surface area (Å²) < 4.78 is 0. The molecule has 0 amide bonds. The highest BCUT2D eigenvalue weighted by Crippen LogP contribution is 2.33. The zero-order chi connectivity index (χ0) is 12.4. The molecule has 2 heteroatoms. The topological polar surface area (TPSA) is 24.1 Å². The Morgan fingerprint density at radius 3 is 2.19 bits per heavy atom. The molecule has 0 aromatic carbocycles. The second-order valence-corrected chi connectivity index (χ2v) is 5.23. The van der Waals surface area contributed by atoms with Crippen LogP contribution in [0.1, 0.15) is 53.9 Å². The van der Waals surface area contributed by atoms with E-state index in [9.17, 15) is 0 Å². The lowest BCUT2D eigenvalue weighted by atomic mass is 9.73. The van der Waals surface area contributed by atoms with Crippen molar-refractivity contribution in [1.82, 2.24) is 10.6 Å². The molecule has 2 N–H and O–H groups in total. The molecule has 0 aliphatic heterocycles. The van der Waals surface area contributed by atoms with E-state index >= 15 is 0 Å². The number of nitrogens with one attached hydrogen (secondary N) is 2. The van der Waals surface area contributed by atoms with Crippen molar-refractivity contribution >= 4 is 0 Å². The lowest BCUT2D eigenvalue weighted by Crippen LogP contribution is -2.38. The van der Waals surface area contributed by atoms with Gasteiger partial charge in [-0.2, -0.15) is 0 Å². The van der Waals surface area contributed by atoms with E-state index in [1.807, 2.05) is 0 Å². The fourth-order valence-electron chi connectivity index (χ4n) is 2.33. The molecule has 0 aromatic rings. The Kier molecular flexibility index (Phi) is 8.96. The van der Waals surface area contributed by atoms with E-state index in [1.54, 1.807) is 0 Å². The zero-order valence-corrected chi connectivity index (χ0v) is 12.0. The van der Waals surface area contributed by atoms with Gasteiger partial charge in [0.05, 0.1) is 0 Å². The highest BCUT2D eigenvalue weighted by molar-refractivity contribution is 4.82.